The van der Waals surface area contributed by atoms with Gasteiger partial charge in [0.05, 0.1) is 7.11 Å². The van der Waals surface area contributed by atoms with Crippen molar-refractivity contribution in [3.05, 3.63) is 35.9 Å². The topological polar surface area (TPSA) is 38.3 Å². The molecule has 0 radical (unpaired) electrons. The highest BCUT2D eigenvalue weighted by Gasteiger charge is 2.30. The van der Waals surface area contributed by atoms with Gasteiger partial charge in [-0.1, -0.05) is 30.3 Å². The molecule has 0 spiro atoms. The zero-order valence-corrected chi connectivity index (χ0v) is 8.77. The summed E-state index contributed by atoms with van der Waals surface area (Å²) in [5, 5.41) is 3.18. The summed E-state index contributed by atoms with van der Waals surface area (Å²) in [6.07, 6.45) is 0.830. The zero-order valence-electron chi connectivity index (χ0n) is 8.77. The number of hydrogen-bond donors (Lipinski definition) is 1. The van der Waals surface area contributed by atoms with E-state index in [1.54, 1.807) is 0 Å². The summed E-state index contributed by atoms with van der Waals surface area (Å²) in [4.78, 5) is 11.3. The van der Waals surface area contributed by atoms with Crippen molar-refractivity contribution in [1.29, 1.82) is 0 Å². The van der Waals surface area contributed by atoms with E-state index in [-0.39, 0.29) is 12.0 Å². The van der Waals surface area contributed by atoms with Crippen LogP contribution in [0.25, 0.3) is 0 Å². The molecule has 3 nitrogen and oxygen atoms in total. The van der Waals surface area contributed by atoms with Gasteiger partial charge in [-0.25, -0.2) is 0 Å². The minimum absolute atomic E-state index is 0.139. The van der Waals surface area contributed by atoms with Crippen LogP contribution in [0, 0.1) is 0 Å². The Balaban J connectivity index is 2.02. The normalized spacial score (nSPS) is 25.1. The molecule has 80 valence electrons. The van der Waals surface area contributed by atoms with Crippen molar-refractivity contribution in [1.82, 2.24) is 5.32 Å². The van der Waals surface area contributed by atoms with Crippen LogP contribution in [-0.4, -0.2) is 25.7 Å². The maximum absolute atomic E-state index is 11.3. The molecule has 1 aliphatic rings. The van der Waals surface area contributed by atoms with Crippen LogP contribution in [-0.2, 0) is 9.53 Å². The third-order valence-electron chi connectivity index (χ3n) is 2.89. The first-order valence-corrected chi connectivity index (χ1v) is 5.17. The molecule has 1 aliphatic heterocycles. The Hall–Kier alpha value is -1.35. The Bertz CT molecular complexity index is 337. The summed E-state index contributed by atoms with van der Waals surface area (Å²) in [6, 6.07) is 10.1. The smallest absolute Gasteiger partial charge is 0.322 e. The largest absolute Gasteiger partial charge is 0.468 e. The first-order valence-electron chi connectivity index (χ1n) is 5.17. The molecule has 0 aliphatic carbocycles. The highest BCUT2D eigenvalue weighted by molar-refractivity contribution is 5.76. The lowest BCUT2D eigenvalue weighted by molar-refractivity contribution is -0.142. The lowest BCUT2D eigenvalue weighted by atomic mass is 9.96. The lowest BCUT2D eigenvalue weighted by Gasteiger charge is -2.08. The monoisotopic (exact) mass is 205 g/mol. The van der Waals surface area contributed by atoms with Gasteiger partial charge in [-0.3, -0.25) is 4.79 Å². The molecule has 3 heteroatoms. The molecule has 2 rings (SSSR count). The van der Waals surface area contributed by atoms with Gasteiger partial charge in [0, 0.05) is 6.54 Å². The van der Waals surface area contributed by atoms with Gasteiger partial charge in [-0.15, -0.1) is 0 Å². The lowest BCUT2D eigenvalue weighted by Crippen LogP contribution is -2.31. The summed E-state index contributed by atoms with van der Waals surface area (Å²) in [5.41, 5.74) is 1.29. The van der Waals surface area contributed by atoms with Crippen molar-refractivity contribution in [3.63, 3.8) is 0 Å². The van der Waals surface area contributed by atoms with Crippen LogP contribution < -0.4 is 5.32 Å². The first-order chi connectivity index (χ1) is 7.31. The van der Waals surface area contributed by atoms with Crippen molar-refractivity contribution in [2.45, 2.75) is 18.4 Å². The number of nitrogens with one attached hydrogen (secondary N) is 1. The molecule has 1 N–H and O–H groups in total. The first kappa shape index (κ1) is 10.2. The standard InChI is InChI=1S/C12H15NO2/c1-15-12(14)11-7-10(8-13-11)9-5-3-2-4-6-9/h2-6,10-11,13H,7-8H2,1H3/t10-,11+/m0/s1. The van der Waals surface area contributed by atoms with Crippen molar-refractivity contribution in [3.8, 4) is 0 Å². The molecule has 1 aromatic rings. The molecule has 0 bridgehead atoms. The Morgan fingerprint density at radius 2 is 2.13 bits per heavy atom. The van der Waals surface area contributed by atoms with Gasteiger partial charge < -0.3 is 10.1 Å². The number of carbonyl (C=O) groups excluding carboxylic acids is 1. The SMILES string of the molecule is COC(=O)[C@H]1C[C@H](c2ccccc2)CN1. The molecule has 0 aromatic heterocycles. The van der Waals surface area contributed by atoms with Crippen LogP contribution in [0.2, 0.25) is 0 Å². The van der Waals surface area contributed by atoms with Gasteiger partial charge in [0.25, 0.3) is 0 Å². The zero-order chi connectivity index (χ0) is 10.7. The van der Waals surface area contributed by atoms with Crippen LogP contribution in [0.5, 0.6) is 0 Å². The fourth-order valence-electron chi connectivity index (χ4n) is 2.04. The number of carbonyl (C=O) groups is 1. The number of methoxy groups -OCH3 is 1. The second-order valence-corrected chi connectivity index (χ2v) is 3.83. The maximum atomic E-state index is 11.3. The van der Waals surface area contributed by atoms with E-state index in [0.717, 1.165) is 13.0 Å². The minimum Gasteiger partial charge on any atom is -0.468 e. The molecule has 0 saturated carbocycles. The Labute approximate surface area is 89.4 Å². The van der Waals surface area contributed by atoms with Crippen molar-refractivity contribution >= 4 is 5.97 Å². The van der Waals surface area contributed by atoms with Crippen molar-refractivity contribution in [2.24, 2.45) is 0 Å². The molecular weight excluding hydrogens is 190 g/mol. The van der Waals surface area contributed by atoms with E-state index in [9.17, 15) is 4.79 Å². The van der Waals surface area contributed by atoms with Gasteiger partial charge in [-0.2, -0.15) is 0 Å². The van der Waals surface area contributed by atoms with Gasteiger partial charge in [0.1, 0.15) is 6.04 Å². The van der Waals surface area contributed by atoms with E-state index < -0.39 is 0 Å². The van der Waals surface area contributed by atoms with E-state index >= 15 is 0 Å². The van der Waals surface area contributed by atoms with E-state index in [1.807, 2.05) is 18.2 Å². The Kier molecular flexibility index (Phi) is 3.02. The summed E-state index contributed by atoms with van der Waals surface area (Å²) in [7, 11) is 1.43. The second-order valence-electron chi connectivity index (χ2n) is 3.83. The van der Waals surface area contributed by atoms with Gasteiger partial charge in [0.15, 0.2) is 0 Å². The van der Waals surface area contributed by atoms with Crippen LogP contribution in [0.4, 0.5) is 0 Å². The molecule has 1 aromatic carbocycles. The molecule has 1 saturated heterocycles. The fourth-order valence-corrected chi connectivity index (χ4v) is 2.04. The van der Waals surface area contributed by atoms with Crippen LogP contribution in [0.15, 0.2) is 30.3 Å². The number of rotatable bonds is 2. The molecule has 0 amide bonds. The Morgan fingerprint density at radius 1 is 1.40 bits per heavy atom. The summed E-state index contributed by atoms with van der Waals surface area (Å²) >= 11 is 0. The van der Waals surface area contributed by atoms with E-state index in [1.165, 1.54) is 12.7 Å². The van der Waals surface area contributed by atoms with Gasteiger partial charge in [0.2, 0.25) is 0 Å². The number of esters is 1. The summed E-state index contributed by atoms with van der Waals surface area (Å²) in [6.45, 7) is 0.851. The molecule has 2 atom stereocenters. The highest BCUT2D eigenvalue weighted by Crippen LogP contribution is 2.25. The summed E-state index contributed by atoms with van der Waals surface area (Å²) in [5.74, 6) is 0.267. The Morgan fingerprint density at radius 3 is 2.80 bits per heavy atom. The maximum Gasteiger partial charge on any atom is 0.322 e. The fraction of sp³-hybridized carbons (Fsp3) is 0.417. The highest BCUT2D eigenvalue weighted by atomic mass is 16.5. The molecule has 0 unspecified atom stereocenters. The summed E-state index contributed by atoms with van der Waals surface area (Å²) < 4.78 is 4.72. The van der Waals surface area contributed by atoms with Crippen LogP contribution >= 0.6 is 0 Å². The quantitative estimate of drug-likeness (QED) is 0.740. The van der Waals surface area contributed by atoms with E-state index in [4.69, 9.17) is 4.74 Å². The second kappa shape index (κ2) is 4.45. The molecular formula is C12H15NO2. The number of ether oxygens (including phenoxy) is 1. The molecule has 1 heterocycles. The third kappa shape index (κ3) is 2.18. The average Bonchev–Trinajstić information content (AvgIpc) is 2.78. The minimum atomic E-state index is -0.159. The van der Waals surface area contributed by atoms with Crippen molar-refractivity contribution in [2.75, 3.05) is 13.7 Å². The predicted octanol–water partition coefficient (Wildman–Crippen LogP) is 1.31. The number of hydrogen-bond acceptors (Lipinski definition) is 3. The van der Waals surface area contributed by atoms with Crippen LogP contribution in [0.1, 0.15) is 17.9 Å². The van der Waals surface area contributed by atoms with Crippen LogP contribution in [0.3, 0.4) is 0 Å². The average molecular weight is 205 g/mol. The molecule has 15 heavy (non-hydrogen) atoms. The van der Waals surface area contributed by atoms with Crippen molar-refractivity contribution < 1.29 is 9.53 Å². The van der Waals surface area contributed by atoms with Gasteiger partial charge in [-0.05, 0) is 17.9 Å². The van der Waals surface area contributed by atoms with Gasteiger partial charge >= 0.3 is 5.97 Å². The molecule has 1 fully saturated rings. The predicted molar refractivity (Wildman–Crippen MR) is 57.6 cm³/mol. The van der Waals surface area contributed by atoms with E-state index in [0.29, 0.717) is 5.92 Å². The van der Waals surface area contributed by atoms with E-state index in [2.05, 4.69) is 17.4 Å². The third-order valence-corrected chi connectivity index (χ3v) is 2.89. The number of benzene rings is 1.